The lowest BCUT2D eigenvalue weighted by Crippen LogP contribution is -2.39. The fourth-order valence-electron chi connectivity index (χ4n) is 4.79. The Labute approximate surface area is 180 Å². The summed E-state index contributed by atoms with van der Waals surface area (Å²) in [5.41, 5.74) is 1.23. The molecular formula is C24H27N3O4. The SMILES string of the molecule is O=C1CCC(c2noc3ccc4cc(OCCNC5CCCCC5)ccc4c23)C(=O)N1. The maximum absolute atomic E-state index is 12.4. The van der Waals surface area contributed by atoms with Gasteiger partial charge < -0.3 is 14.6 Å². The van der Waals surface area contributed by atoms with Crippen LogP contribution in [-0.2, 0) is 9.59 Å². The number of benzene rings is 2. The van der Waals surface area contributed by atoms with Gasteiger partial charge in [-0.3, -0.25) is 14.9 Å². The summed E-state index contributed by atoms with van der Waals surface area (Å²) >= 11 is 0. The molecule has 0 bridgehead atoms. The lowest BCUT2D eigenvalue weighted by Gasteiger charge is -2.22. The van der Waals surface area contributed by atoms with Crippen molar-refractivity contribution in [2.75, 3.05) is 13.2 Å². The Morgan fingerprint density at radius 3 is 2.81 bits per heavy atom. The number of nitrogens with zero attached hydrogens (tertiary/aromatic N) is 1. The van der Waals surface area contributed by atoms with Crippen LogP contribution in [0.15, 0.2) is 34.9 Å². The second-order valence-electron chi connectivity index (χ2n) is 8.53. The van der Waals surface area contributed by atoms with Gasteiger partial charge in [0.25, 0.3) is 0 Å². The highest BCUT2D eigenvalue weighted by Crippen LogP contribution is 2.36. The largest absolute Gasteiger partial charge is 0.492 e. The monoisotopic (exact) mass is 421 g/mol. The van der Waals surface area contributed by atoms with Gasteiger partial charge in [0.1, 0.15) is 18.1 Å². The highest BCUT2D eigenvalue weighted by Gasteiger charge is 2.32. The molecule has 162 valence electrons. The molecule has 1 saturated carbocycles. The Balaban J connectivity index is 1.33. The van der Waals surface area contributed by atoms with Crippen LogP contribution in [0.2, 0.25) is 0 Å². The maximum Gasteiger partial charge on any atom is 0.235 e. The smallest absolute Gasteiger partial charge is 0.235 e. The van der Waals surface area contributed by atoms with Gasteiger partial charge in [-0.25, -0.2) is 0 Å². The van der Waals surface area contributed by atoms with Gasteiger partial charge in [0.2, 0.25) is 11.8 Å². The van der Waals surface area contributed by atoms with Gasteiger partial charge in [-0.2, -0.15) is 0 Å². The summed E-state index contributed by atoms with van der Waals surface area (Å²) in [4.78, 5) is 23.9. The molecule has 5 rings (SSSR count). The maximum atomic E-state index is 12.4. The first kappa shape index (κ1) is 20.0. The van der Waals surface area contributed by atoms with Crippen LogP contribution in [0.25, 0.3) is 21.7 Å². The molecule has 1 unspecified atom stereocenters. The van der Waals surface area contributed by atoms with Gasteiger partial charge in [-0.05, 0) is 54.3 Å². The molecule has 2 fully saturated rings. The van der Waals surface area contributed by atoms with Gasteiger partial charge in [0.05, 0.1) is 11.3 Å². The zero-order valence-electron chi connectivity index (χ0n) is 17.5. The number of rotatable bonds is 6. The van der Waals surface area contributed by atoms with E-state index in [9.17, 15) is 9.59 Å². The predicted octanol–water partition coefficient (Wildman–Crippen LogP) is 3.80. The van der Waals surface area contributed by atoms with E-state index in [0.29, 0.717) is 36.8 Å². The zero-order valence-corrected chi connectivity index (χ0v) is 17.5. The second-order valence-corrected chi connectivity index (χ2v) is 8.53. The molecule has 1 aromatic heterocycles. The van der Waals surface area contributed by atoms with E-state index in [0.717, 1.165) is 28.5 Å². The number of aromatic nitrogens is 1. The van der Waals surface area contributed by atoms with Crippen molar-refractivity contribution in [2.45, 2.75) is 56.9 Å². The fraction of sp³-hybridized carbons (Fsp3) is 0.458. The first-order valence-corrected chi connectivity index (χ1v) is 11.2. The summed E-state index contributed by atoms with van der Waals surface area (Å²) in [6.45, 7) is 1.46. The van der Waals surface area contributed by atoms with Gasteiger partial charge >= 0.3 is 0 Å². The molecule has 0 spiro atoms. The number of imide groups is 1. The molecule has 7 nitrogen and oxygen atoms in total. The third-order valence-corrected chi connectivity index (χ3v) is 6.43. The van der Waals surface area contributed by atoms with Gasteiger partial charge in [0, 0.05) is 19.0 Å². The standard InChI is InChI=1S/C24H27N3O4/c28-21-11-9-19(24(29)26-21)23-22-18-8-7-17(14-15(18)6-10-20(22)31-27-23)30-13-12-25-16-4-2-1-3-5-16/h6-8,10,14,16,19,25H,1-5,9,11-13H2,(H,26,28,29). The quantitative estimate of drug-likeness (QED) is 0.464. The lowest BCUT2D eigenvalue weighted by atomic mass is 9.91. The molecule has 1 aliphatic heterocycles. The van der Waals surface area contributed by atoms with Gasteiger partial charge in [-0.1, -0.05) is 30.5 Å². The third-order valence-electron chi connectivity index (χ3n) is 6.43. The van der Waals surface area contributed by atoms with Crippen molar-refractivity contribution >= 4 is 33.6 Å². The zero-order chi connectivity index (χ0) is 21.2. The van der Waals surface area contributed by atoms with Crippen molar-refractivity contribution in [2.24, 2.45) is 0 Å². The number of amides is 2. The molecule has 31 heavy (non-hydrogen) atoms. The van der Waals surface area contributed by atoms with E-state index < -0.39 is 5.92 Å². The summed E-state index contributed by atoms with van der Waals surface area (Å²) in [7, 11) is 0. The molecule has 2 aromatic carbocycles. The molecule has 1 saturated heterocycles. The summed E-state index contributed by atoms with van der Waals surface area (Å²) in [5, 5.41) is 13.0. The number of hydrogen-bond acceptors (Lipinski definition) is 6. The topological polar surface area (TPSA) is 93.5 Å². The number of fused-ring (bicyclic) bond motifs is 3. The van der Waals surface area contributed by atoms with Crippen molar-refractivity contribution in [3.63, 3.8) is 0 Å². The highest BCUT2D eigenvalue weighted by molar-refractivity contribution is 6.10. The van der Waals surface area contributed by atoms with E-state index in [2.05, 4.69) is 15.8 Å². The van der Waals surface area contributed by atoms with Crippen LogP contribution >= 0.6 is 0 Å². The molecule has 7 heteroatoms. The molecule has 2 heterocycles. The van der Waals surface area contributed by atoms with Crippen molar-refractivity contribution in [1.29, 1.82) is 0 Å². The highest BCUT2D eigenvalue weighted by atomic mass is 16.5. The fourth-order valence-corrected chi connectivity index (χ4v) is 4.79. The number of piperidine rings is 1. The van der Waals surface area contributed by atoms with Crippen LogP contribution in [0, 0.1) is 0 Å². The Morgan fingerprint density at radius 2 is 1.97 bits per heavy atom. The molecule has 3 aromatic rings. The Morgan fingerprint density at radius 1 is 1.10 bits per heavy atom. The second kappa shape index (κ2) is 8.67. The van der Waals surface area contributed by atoms with Crippen LogP contribution in [-0.4, -0.2) is 36.2 Å². The summed E-state index contributed by atoms with van der Waals surface area (Å²) in [6, 6.07) is 10.4. The molecule has 2 amide bonds. The Hall–Kier alpha value is -2.93. The average Bonchev–Trinajstić information content (AvgIpc) is 3.21. The van der Waals surface area contributed by atoms with E-state index in [1.165, 1.54) is 32.1 Å². The van der Waals surface area contributed by atoms with E-state index in [1.807, 2.05) is 30.3 Å². The molecule has 0 radical (unpaired) electrons. The number of ether oxygens (including phenoxy) is 1. The lowest BCUT2D eigenvalue weighted by molar-refractivity contribution is -0.134. The minimum atomic E-state index is -0.480. The van der Waals surface area contributed by atoms with Crippen LogP contribution in [0.5, 0.6) is 5.75 Å². The normalized spacial score (nSPS) is 20.3. The summed E-state index contributed by atoms with van der Waals surface area (Å²) in [6.07, 6.45) is 7.28. The molecule has 2 N–H and O–H groups in total. The van der Waals surface area contributed by atoms with Gasteiger partial charge in [-0.15, -0.1) is 0 Å². The number of nitrogens with one attached hydrogen (secondary N) is 2. The predicted molar refractivity (Wildman–Crippen MR) is 117 cm³/mol. The van der Waals surface area contributed by atoms with E-state index >= 15 is 0 Å². The Bertz CT molecular complexity index is 1120. The average molecular weight is 421 g/mol. The first-order chi connectivity index (χ1) is 15.2. The van der Waals surface area contributed by atoms with E-state index in [4.69, 9.17) is 9.26 Å². The number of hydrogen-bond donors (Lipinski definition) is 2. The number of carbonyl (C=O) groups is 2. The molecule has 1 atom stereocenters. The Kier molecular flexibility index (Phi) is 5.59. The third kappa shape index (κ3) is 4.14. The molecule has 2 aliphatic rings. The number of carbonyl (C=O) groups excluding carboxylic acids is 2. The van der Waals surface area contributed by atoms with Crippen LogP contribution in [0.4, 0.5) is 0 Å². The van der Waals surface area contributed by atoms with Crippen molar-refractivity contribution in [3.8, 4) is 5.75 Å². The molecular weight excluding hydrogens is 394 g/mol. The van der Waals surface area contributed by atoms with Crippen LogP contribution in [0.3, 0.4) is 0 Å². The van der Waals surface area contributed by atoms with Gasteiger partial charge in [0.15, 0.2) is 5.58 Å². The first-order valence-electron chi connectivity index (χ1n) is 11.2. The minimum Gasteiger partial charge on any atom is -0.492 e. The van der Waals surface area contributed by atoms with Crippen molar-refractivity contribution < 1.29 is 18.8 Å². The van der Waals surface area contributed by atoms with Crippen LogP contribution < -0.4 is 15.4 Å². The molecule has 1 aliphatic carbocycles. The van der Waals surface area contributed by atoms with Crippen LogP contribution in [0.1, 0.15) is 56.6 Å². The van der Waals surface area contributed by atoms with Crippen molar-refractivity contribution in [1.82, 2.24) is 15.8 Å². The minimum absolute atomic E-state index is 0.237. The summed E-state index contributed by atoms with van der Waals surface area (Å²) in [5.74, 6) is -0.213. The van der Waals surface area contributed by atoms with E-state index in [-0.39, 0.29) is 11.8 Å². The summed E-state index contributed by atoms with van der Waals surface area (Å²) < 4.78 is 11.5. The van der Waals surface area contributed by atoms with Crippen molar-refractivity contribution in [3.05, 3.63) is 36.0 Å². The van der Waals surface area contributed by atoms with E-state index in [1.54, 1.807) is 0 Å².